The van der Waals surface area contributed by atoms with Crippen LogP contribution >= 0.6 is 34.5 Å². The summed E-state index contributed by atoms with van der Waals surface area (Å²) in [5, 5.41) is 11.5. The first-order valence-corrected chi connectivity index (χ1v) is 11.0. The van der Waals surface area contributed by atoms with Crippen LogP contribution in [0.5, 0.6) is 11.5 Å². The molecule has 170 valence electrons. The summed E-state index contributed by atoms with van der Waals surface area (Å²) in [4.78, 5) is 37.6. The van der Waals surface area contributed by atoms with Crippen molar-refractivity contribution in [2.45, 2.75) is 13.0 Å². The van der Waals surface area contributed by atoms with Crippen LogP contribution in [0.3, 0.4) is 0 Å². The Morgan fingerprint density at radius 3 is 2.70 bits per heavy atom. The number of imide groups is 1. The lowest BCUT2D eigenvalue weighted by Crippen LogP contribution is -2.43. The Balaban J connectivity index is 1.66. The Morgan fingerprint density at radius 1 is 1.24 bits per heavy atom. The molecular formula is C22H14Cl2FNO6S. The van der Waals surface area contributed by atoms with E-state index in [1.165, 1.54) is 30.7 Å². The lowest BCUT2D eigenvalue weighted by Gasteiger charge is -2.26. The van der Waals surface area contributed by atoms with Gasteiger partial charge in [0.1, 0.15) is 28.8 Å². The Kier molecular flexibility index (Phi) is 6.29. The van der Waals surface area contributed by atoms with Crippen molar-refractivity contribution in [2.75, 3.05) is 12.0 Å². The first-order valence-electron chi connectivity index (χ1n) is 9.36. The number of ether oxygens (including phenoxy) is 2. The highest BCUT2D eigenvalue weighted by Crippen LogP contribution is 2.36. The van der Waals surface area contributed by atoms with Crippen molar-refractivity contribution >= 4 is 58.0 Å². The number of fused-ring (bicyclic) bond motifs is 1. The maximum Gasteiger partial charge on any atom is 0.346 e. The fourth-order valence-corrected chi connectivity index (χ4v) is 5.00. The van der Waals surface area contributed by atoms with E-state index in [1.807, 2.05) is 0 Å². The van der Waals surface area contributed by atoms with Gasteiger partial charge in [-0.2, -0.15) is 0 Å². The number of halogens is 3. The Labute approximate surface area is 200 Å². The number of carbonyl (C=O) groups is 3. The SMILES string of the molecule is COc1c(Cl)cc(Cl)cc1COc1ccc(F)c(N2C(=O)Cc3csc(C(=O)O)c3C2=O)c1. The highest BCUT2D eigenvalue weighted by Gasteiger charge is 2.38. The van der Waals surface area contributed by atoms with Crippen molar-refractivity contribution in [1.29, 1.82) is 0 Å². The molecule has 0 bridgehead atoms. The molecule has 1 N–H and O–H groups in total. The number of carboxylic acid groups (broad SMARTS) is 1. The van der Waals surface area contributed by atoms with Crippen LogP contribution in [0.2, 0.25) is 10.0 Å². The fourth-order valence-electron chi connectivity index (χ4n) is 3.49. The molecule has 0 unspecified atom stereocenters. The Bertz CT molecular complexity index is 1310. The maximum atomic E-state index is 14.7. The van der Waals surface area contributed by atoms with Crippen LogP contribution in [-0.2, 0) is 17.8 Å². The molecule has 2 aromatic carbocycles. The minimum atomic E-state index is -1.30. The fraction of sp³-hybridized carbons (Fsp3) is 0.136. The van der Waals surface area contributed by atoms with Crippen LogP contribution in [0.25, 0.3) is 0 Å². The Hall–Kier alpha value is -3.14. The van der Waals surface area contributed by atoms with Crippen LogP contribution in [0.1, 0.15) is 31.2 Å². The van der Waals surface area contributed by atoms with E-state index in [4.69, 9.17) is 32.7 Å². The lowest BCUT2D eigenvalue weighted by molar-refractivity contribution is -0.117. The van der Waals surface area contributed by atoms with Crippen LogP contribution in [0, 0.1) is 5.82 Å². The number of hydrogen-bond donors (Lipinski definition) is 1. The smallest absolute Gasteiger partial charge is 0.346 e. The average Bonchev–Trinajstić information content (AvgIpc) is 3.18. The van der Waals surface area contributed by atoms with E-state index in [0.717, 1.165) is 17.4 Å². The standard InChI is InChI=1S/C22H14Cl2FNO6S/c1-31-19-10(4-12(23)6-14(19)24)8-32-13-2-3-15(25)16(7-13)26-17(27)5-11-9-33-20(22(29)30)18(11)21(26)28/h2-4,6-7,9H,5,8H2,1H3,(H,29,30). The molecular weight excluding hydrogens is 496 g/mol. The summed E-state index contributed by atoms with van der Waals surface area (Å²) < 4.78 is 25.7. The molecule has 33 heavy (non-hydrogen) atoms. The normalized spacial score (nSPS) is 13.2. The second-order valence-electron chi connectivity index (χ2n) is 6.96. The van der Waals surface area contributed by atoms with Gasteiger partial charge >= 0.3 is 5.97 Å². The van der Waals surface area contributed by atoms with Crippen LogP contribution in [0.4, 0.5) is 10.1 Å². The topological polar surface area (TPSA) is 93.1 Å². The maximum absolute atomic E-state index is 14.7. The predicted molar refractivity (Wildman–Crippen MR) is 121 cm³/mol. The first kappa shape index (κ1) is 23.0. The van der Waals surface area contributed by atoms with Gasteiger partial charge in [0.05, 0.1) is 29.8 Å². The monoisotopic (exact) mass is 509 g/mol. The number of carbonyl (C=O) groups excluding carboxylic acids is 2. The Morgan fingerprint density at radius 2 is 2.00 bits per heavy atom. The quantitative estimate of drug-likeness (QED) is 0.458. The molecule has 2 amide bonds. The number of thiophene rings is 1. The van der Waals surface area contributed by atoms with Crippen molar-refractivity contribution in [1.82, 2.24) is 0 Å². The van der Waals surface area contributed by atoms with Crippen LogP contribution < -0.4 is 14.4 Å². The van der Waals surface area contributed by atoms with Gasteiger partial charge in [0.25, 0.3) is 5.91 Å². The number of methoxy groups -OCH3 is 1. The van der Waals surface area contributed by atoms with E-state index in [1.54, 1.807) is 6.07 Å². The summed E-state index contributed by atoms with van der Waals surface area (Å²) in [6, 6.07) is 6.68. The molecule has 2 heterocycles. The van der Waals surface area contributed by atoms with E-state index in [0.29, 0.717) is 26.8 Å². The highest BCUT2D eigenvalue weighted by molar-refractivity contribution is 7.12. The molecule has 0 aliphatic carbocycles. The molecule has 0 atom stereocenters. The van der Waals surface area contributed by atoms with Gasteiger partial charge < -0.3 is 14.6 Å². The third kappa shape index (κ3) is 4.27. The number of amides is 2. The van der Waals surface area contributed by atoms with Crippen LogP contribution in [-0.4, -0.2) is 30.0 Å². The zero-order valence-corrected chi connectivity index (χ0v) is 19.2. The molecule has 1 aromatic heterocycles. The minimum Gasteiger partial charge on any atom is -0.495 e. The van der Waals surface area contributed by atoms with Crippen molar-refractivity contribution in [2.24, 2.45) is 0 Å². The molecule has 0 radical (unpaired) electrons. The first-order chi connectivity index (χ1) is 15.7. The van der Waals surface area contributed by atoms with E-state index in [-0.39, 0.29) is 39.9 Å². The van der Waals surface area contributed by atoms with Gasteiger partial charge in [0.2, 0.25) is 5.91 Å². The molecule has 4 rings (SSSR count). The van der Waals surface area contributed by atoms with Crippen molar-refractivity contribution in [3.63, 3.8) is 0 Å². The molecule has 0 saturated carbocycles. The third-order valence-electron chi connectivity index (χ3n) is 4.91. The summed E-state index contributed by atoms with van der Waals surface area (Å²) in [7, 11) is 1.44. The number of rotatable bonds is 6. The second-order valence-corrected chi connectivity index (χ2v) is 8.69. The van der Waals surface area contributed by atoms with Gasteiger partial charge in [-0.3, -0.25) is 9.59 Å². The number of nitrogens with zero attached hydrogens (tertiary/aromatic N) is 1. The number of benzene rings is 2. The van der Waals surface area contributed by atoms with Gasteiger partial charge in [0, 0.05) is 16.7 Å². The molecule has 1 aliphatic heterocycles. The molecule has 0 spiro atoms. The van der Waals surface area contributed by atoms with Gasteiger partial charge in [-0.15, -0.1) is 11.3 Å². The number of carboxylic acids is 1. The van der Waals surface area contributed by atoms with Gasteiger partial charge in [-0.25, -0.2) is 14.1 Å². The van der Waals surface area contributed by atoms with E-state index in [2.05, 4.69) is 0 Å². The summed E-state index contributed by atoms with van der Waals surface area (Å²) in [5.41, 5.74) is 0.379. The minimum absolute atomic E-state index is 0.0474. The molecule has 11 heteroatoms. The van der Waals surface area contributed by atoms with Crippen molar-refractivity contribution in [3.8, 4) is 11.5 Å². The summed E-state index contributed by atoms with van der Waals surface area (Å²) in [6.07, 6.45) is -0.229. The van der Waals surface area contributed by atoms with Gasteiger partial charge in [0.15, 0.2) is 0 Å². The van der Waals surface area contributed by atoms with E-state index < -0.39 is 23.6 Å². The van der Waals surface area contributed by atoms with Gasteiger partial charge in [-0.1, -0.05) is 23.2 Å². The number of aromatic carboxylic acids is 1. The zero-order chi connectivity index (χ0) is 23.9. The molecule has 0 fully saturated rings. The highest BCUT2D eigenvalue weighted by atomic mass is 35.5. The molecule has 1 aliphatic rings. The summed E-state index contributed by atoms with van der Waals surface area (Å²) in [5.74, 6) is -3.21. The van der Waals surface area contributed by atoms with Gasteiger partial charge in [-0.05, 0) is 35.2 Å². The lowest BCUT2D eigenvalue weighted by atomic mass is 10.0. The number of hydrogen-bond acceptors (Lipinski definition) is 6. The number of anilines is 1. The third-order valence-corrected chi connectivity index (χ3v) is 6.43. The zero-order valence-electron chi connectivity index (χ0n) is 16.9. The second kappa shape index (κ2) is 9.01. The largest absolute Gasteiger partial charge is 0.495 e. The predicted octanol–water partition coefficient (Wildman–Crippen LogP) is 5.21. The summed E-state index contributed by atoms with van der Waals surface area (Å²) >= 11 is 13.0. The molecule has 7 nitrogen and oxygen atoms in total. The van der Waals surface area contributed by atoms with E-state index in [9.17, 15) is 23.9 Å². The molecule has 0 saturated heterocycles. The van der Waals surface area contributed by atoms with E-state index >= 15 is 0 Å². The molecule has 3 aromatic rings. The average molecular weight is 510 g/mol. The van der Waals surface area contributed by atoms with Crippen LogP contribution in [0.15, 0.2) is 35.7 Å². The van der Waals surface area contributed by atoms with Crippen molar-refractivity contribution in [3.05, 3.63) is 73.1 Å². The summed E-state index contributed by atoms with van der Waals surface area (Å²) in [6.45, 7) is -0.0474. The van der Waals surface area contributed by atoms with Crippen molar-refractivity contribution < 1.29 is 33.4 Å².